The van der Waals surface area contributed by atoms with Crippen molar-refractivity contribution in [3.8, 4) is 6.07 Å². The highest BCUT2D eigenvalue weighted by Gasteiger charge is 2.22. The monoisotopic (exact) mass is 249 g/mol. The summed E-state index contributed by atoms with van der Waals surface area (Å²) < 4.78 is 0. The lowest BCUT2D eigenvalue weighted by atomic mass is 10.2. The number of benzene rings is 1. The molecule has 1 saturated heterocycles. The summed E-state index contributed by atoms with van der Waals surface area (Å²) in [5.41, 5.74) is 0.966. The molecule has 17 heavy (non-hydrogen) atoms. The van der Waals surface area contributed by atoms with Crippen LogP contribution in [0.5, 0.6) is 0 Å². The third-order valence-corrected chi connectivity index (χ3v) is 3.06. The predicted octanol–water partition coefficient (Wildman–Crippen LogP) is 1.90. The fourth-order valence-electron chi connectivity index (χ4n) is 1.82. The average molecular weight is 250 g/mol. The quantitative estimate of drug-likeness (QED) is 0.841. The molecule has 0 bridgehead atoms. The molecule has 0 radical (unpaired) electrons. The lowest BCUT2D eigenvalue weighted by molar-refractivity contribution is -0.117. The molecule has 1 aromatic rings. The number of amides is 1. The second-order valence-electron chi connectivity index (χ2n) is 3.94. The maximum Gasteiger partial charge on any atom is 0.241 e. The molecule has 4 nitrogen and oxygen atoms in total. The number of hydrogen-bond acceptors (Lipinski definition) is 3. The van der Waals surface area contributed by atoms with Crippen molar-refractivity contribution in [3.05, 3.63) is 28.8 Å². The Hall–Kier alpha value is -1.57. The number of nitrogens with zero attached hydrogens (tertiary/aromatic N) is 1. The van der Waals surface area contributed by atoms with Gasteiger partial charge in [-0.05, 0) is 37.6 Å². The Morgan fingerprint density at radius 2 is 2.41 bits per heavy atom. The van der Waals surface area contributed by atoms with Crippen molar-refractivity contribution in [1.82, 2.24) is 5.32 Å². The van der Waals surface area contributed by atoms with Gasteiger partial charge in [0.15, 0.2) is 0 Å². The molecule has 1 aromatic carbocycles. The zero-order chi connectivity index (χ0) is 12.3. The summed E-state index contributed by atoms with van der Waals surface area (Å²) in [4.78, 5) is 11.9. The second-order valence-corrected chi connectivity index (χ2v) is 4.35. The van der Waals surface area contributed by atoms with Gasteiger partial charge in [-0.2, -0.15) is 5.26 Å². The largest absolute Gasteiger partial charge is 0.323 e. The Morgan fingerprint density at radius 1 is 1.59 bits per heavy atom. The number of carbonyl (C=O) groups excluding carboxylic acids is 1. The van der Waals surface area contributed by atoms with E-state index in [2.05, 4.69) is 10.6 Å². The number of carbonyl (C=O) groups is 1. The number of nitriles is 1. The minimum Gasteiger partial charge on any atom is -0.323 e. The van der Waals surface area contributed by atoms with Crippen molar-refractivity contribution in [2.24, 2.45) is 0 Å². The van der Waals surface area contributed by atoms with Gasteiger partial charge in [-0.15, -0.1) is 0 Å². The Bertz CT molecular complexity index is 475. The predicted molar refractivity (Wildman–Crippen MR) is 65.8 cm³/mol. The standard InChI is InChI=1S/C12H12ClN3O/c13-9-4-3-8(7-14)6-11(9)16-12(17)10-2-1-5-15-10/h3-4,6,10,15H,1-2,5H2,(H,16,17)/t10-/m0/s1. The first-order valence-corrected chi connectivity index (χ1v) is 5.82. The van der Waals surface area contributed by atoms with Crippen LogP contribution >= 0.6 is 11.6 Å². The van der Waals surface area contributed by atoms with Crippen LogP contribution in [0.1, 0.15) is 18.4 Å². The van der Waals surface area contributed by atoms with Crippen molar-refractivity contribution < 1.29 is 4.79 Å². The fraction of sp³-hybridized carbons (Fsp3) is 0.333. The van der Waals surface area contributed by atoms with Crippen LogP contribution in [-0.2, 0) is 4.79 Å². The molecule has 2 rings (SSSR count). The molecule has 0 saturated carbocycles. The van der Waals surface area contributed by atoms with Gasteiger partial charge in [-0.25, -0.2) is 0 Å². The van der Waals surface area contributed by atoms with Crippen LogP contribution in [0.3, 0.4) is 0 Å². The highest BCUT2D eigenvalue weighted by molar-refractivity contribution is 6.33. The van der Waals surface area contributed by atoms with Gasteiger partial charge in [0.05, 0.1) is 28.4 Å². The van der Waals surface area contributed by atoms with E-state index in [9.17, 15) is 4.79 Å². The summed E-state index contributed by atoms with van der Waals surface area (Å²) >= 11 is 5.96. The molecular formula is C12H12ClN3O. The minimum absolute atomic E-state index is 0.0977. The lowest BCUT2D eigenvalue weighted by Gasteiger charge is -2.12. The van der Waals surface area contributed by atoms with Gasteiger partial charge < -0.3 is 10.6 Å². The molecule has 1 amide bonds. The maximum atomic E-state index is 11.9. The SMILES string of the molecule is N#Cc1ccc(Cl)c(NC(=O)[C@@H]2CCCN2)c1. The molecule has 2 N–H and O–H groups in total. The van der Waals surface area contributed by atoms with Crippen LogP contribution in [-0.4, -0.2) is 18.5 Å². The van der Waals surface area contributed by atoms with Crippen LogP contribution in [0.25, 0.3) is 0 Å². The molecule has 1 fully saturated rings. The smallest absolute Gasteiger partial charge is 0.241 e. The first-order chi connectivity index (χ1) is 8.20. The normalized spacial score (nSPS) is 18.7. The molecular weight excluding hydrogens is 238 g/mol. The zero-order valence-corrected chi connectivity index (χ0v) is 9.92. The summed E-state index contributed by atoms with van der Waals surface area (Å²) in [7, 11) is 0. The second kappa shape index (κ2) is 5.17. The van der Waals surface area contributed by atoms with E-state index in [0.717, 1.165) is 19.4 Å². The van der Waals surface area contributed by atoms with Gasteiger partial charge >= 0.3 is 0 Å². The van der Waals surface area contributed by atoms with Crippen LogP contribution in [0.15, 0.2) is 18.2 Å². The Labute approximate surface area is 105 Å². The number of rotatable bonds is 2. The Kier molecular flexibility index (Phi) is 3.62. The molecule has 0 spiro atoms. The van der Waals surface area contributed by atoms with Gasteiger partial charge in [0.2, 0.25) is 5.91 Å². The summed E-state index contributed by atoms with van der Waals surface area (Å²) in [6.45, 7) is 0.865. The third kappa shape index (κ3) is 2.76. The van der Waals surface area contributed by atoms with E-state index in [4.69, 9.17) is 16.9 Å². The maximum absolute atomic E-state index is 11.9. The molecule has 0 aromatic heterocycles. The average Bonchev–Trinajstić information content (AvgIpc) is 2.85. The number of nitrogens with one attached hydrogen (secondary N) is 2. The van der Waals surface area contributed by atoms with Gasteiger partial charge in [0.25, 0.3) is 0 Å². The summed E-state index contributed by atoms with van der Waals surface area (Å²) in [6.07, 6.45) is 1.84. The zero-order valence-electron chi connectivity index (χ0n) is 9.16. The van der Waals surface area contributed by atoms with Crippen LogP contribution < -0.4 is 10.6 Å². The van der Waals surface area contributed by atoms with E-state index in [1.807, 2.05) is 6.07 Å². The molecule has 5 heteroatoms. The highest BCUT2D eigenvalue weighted by atomic mass is 35.5. The Morgan fingerprint density at radius 3 is 3.06 bits per heavy atom. The summed E-state index contributed by atoms with van der Waals surface area (Å²) in [6, 6.07) is 6.66. The molecule has 1 atom stereocenters. The first-order valence-electron chi connectivity index (χ1n) is 5.44. The van der Waals surface area contributed by atoms with Crippen LogP contribution in [0.2, 0.25) is 5.02 Å². The van der Waals surface area contributed by atoms with Crippen molar-refractivity contribution in [1.29, 1.82) is 5.26 Å². The van der Waals surface area contributed by atoms with Gasteiger partial charge in [-0.1, -0.05) is 11.6 Å². The van der Waals surface area contributed by atoms with E-state index in [0.29, 0.717) is 16.3 Å². The molecule has 0 unspecified atom stereocenters. The van der Waals surface area contributed by atoms with Crippen molar-refractivity contribution >= 4 is 23.2 Å². The molecule has 88 valence electrons. The van der Waals surface area contributed by atoms with Crippen molar-refractivity contribution in [3.63, 3.8) is 0 Å². The van der Waals surface area contributed by atoms with E-state index < -0.39 is 0 Å². The summed E-state index contributed by atoms with van der Waals surface area (Å²) in [5.74, 6) is -0.0977. The summed E-state index contributed by atoms with van der Waals surface area (Å²) in [5, 5.41) is 15.1. The first kappa shape index (κ1) is 11.9. The number of halogens is 1. The molecule has 1 heterocycles. The minimum atomic E-state index is -0.156. The molecule has 1 aliphatic rings. The van der Waals surface area contributed by atoms with E-state index in [1.54, 1.807) is 18.2 Å². The highest BCUT2D eigenvalue weighted by Crippen LogP contribution is 2.23. The molecule has 1 aliphatic heterocycles. The van der Waals surface area contributed by atoms with Gasteiger partial charge in [0, 0.05) is 0 Å². The lowest BCUT2D eigenvalue weighted by Crippen LogP contribution is -2.35. The van der Waals surface area contributed by atoms with Crippen LogP contribution in [0.4, 0.5) is 5.69 Å². The van der Waals surface area contributed by atoms with Crippen molar-refractivity contribution in [2.75, 3.05) is 11.9 Å². The van der Waals surface area contributed by atoms with E-state index in [1.165, 1.54) is 0 Å². The fourth-order valence-corrected chi connectivity index (χ4v) is 1.98. The third-order valence-electron chi connectivity index (χ3n) is 2.73. The molecule has 0 aliphatic carbocycles. The number of hydrogen-bond donors (Lipinski definition) is 2. The Balaban J connectivity index is 2.12. The van der Waals surface area contributed by atoms with Crippen molar-refractivity contribution in [2.45, 2.75) is 18.9 Å². The van der Waals surface area contributed by atoms with E-state index in [-0.39, 0.29) is 11.9 Å². The van der Waals surface area contributed by atoms with Gasteiger partial charge in [0.1, 0.15) is 0 Å². The number of anilines is 1. The van der Waals surface area contributed by atoms with Gasteiger partial charge in [-0.3, -0.25) is 4.79 Å². The topological polar surface area (TPSA) is 64.9 Å². The van der Waals surface area contributed by atoms with Crippen LogP contribution in [0, 0.1) is 11.3 Å². The van der Waals surface area contributed by atoms with E-state index >= 15 is 0 Å².